The molecule has 18 heteroatoms. The van der Waals surface area contributed by atoms with Crippen molar-refractivity contribution in [2.24, 2.45) is 16.8 Å². The first kappa shape index (κ1) is 39.4. The molecule has 2 heterocycles. The fourth-order valence-electron chi connectivity index (χ4n) is 6.23. The first-order chi connectivity index (χ1) is 26.9. The second kappa shape index (κ2) is 17.1. The van der Waals surface area contributed by atoms with Crippen LogP contribution in [0.15, 0.2) is 53.5 Å². The second-order valence-electron chi connectivity index (χ2n) is 14.7. The zero-order valence-electron chi connectivity index (χ0n) is 30.5. The first-order valence-corrected chi connectivity index (χ1v) is 19.1. The summed E-state index contributed by atoms with van der Waals surface area (Å²) in [5.41, 5.74) is 1.64. The fourth-order valence-corrected chi connectivity index (χ4v) is 6.35. The highest BCUT2D eigenvalue weighted by Crippen LogP contribution is 2.48. The summed E-state index contributed by atoms with van der Waals surface area (Å²) >= 11 is 6.06. The molecule has 0 spiro atoms. The third-order valence-electron chi connectivity index (χ3n) is 9.95. The number of carbonyl (C=O) groups is 3. The highest BCUT2D eigenvalue weighted by Gasteiger charge is 2.45. The molecule has 3 aromatic rings. The van der Waals surface area contributed by atoms with Gasteiger partial charge in [-0.15, -0.1) is 0 Å². The van der Waals surface area contributed by atoms with Crippen LogP contribution in [0.3, 0.4) is 0 Å². The topological polar surface area (TPSA) is 181 Å². The molecule has 4 aliphatic rings. The summed E-state index contributed by atoms with van der Waals surface area (Å²) in [7, 11) is 0. The highest BCUT2D eigenvalue weighted by molar-refractivity contribution is 6.30. The van der Waals surface area contributed by atoms with Gasteiger partial charge in [-0.3, -0.25) is 19.4 Å². The highest BCUT2D eigenvalue weighted by atomic mass is 35.5. The molecule has 2 aromatic carbocycles. The predicted molar refractivity (Wildman–Crippen MR) is 201 cm³/mol. The second-order valence-corrected chi connectivity index (χ2v) is 15.1. The predicted octanol–water partition coefficient (Wildman–Crippen LogP) is 4.73. The molecule has 3 saturated carbocycles. The van der Waals surface area contributed by atoms with Crippen LogP contribution in [0.5, 0.6) is 6.01 Å². The van der Waals surface area contributed by atoms with E-state index in [9.17, 15) is 27.6 Å². The van der Waals surface area contributed by atoms with Crippen LogP contribution in [0.25, 0.3) is 0 Å². The monoisotopic (exact) mass is 797 g/mol. The number of aliphatic imine (C=N–C) groups is 1. The number of alkyl halides is 3. The van der Waals surface area contributed by atoms with Gasteiger partial charge in [-0.2, -0.15) is 28.1 Å². The number of amides is 2. The zero-order chi connectivity index (χ0) is 39.3. The van der Waals surface area contributed by atoms with E-state index in [2.05, 4.69) is 46.5 Å². The lowest BCUT2D eigenvalue weighted by Gasteiger charge is -2.25. The molecule has 298 valence electrons. The van der Waals surface area contributed by atoms with Gasteiger partial charge < -0.3 is 36.1 Å². The lowest BCUT2D eigenvalue weighted by molar-refractivity contribution is -0.154. The number of carbonyl (C=O) groups excluding carboxylic acids is 3. The van der Waals surface area contributed by atoms with Crippen LogP contribution in [-0.2, 0) is 19.9 Å². The number of ether oxygens (including phenoxy) is 2. The average molecular weight is 798 g/mol. The summed E-state index contributed by atoms with van der Waals surface area (Å²) in [6.45, 7) is 0.0957. The number of halogens is 4. The standard InChI is InChI=1S/C38H43ClF3N9O5/c39-26-9-7-25(8-10-26)37(14-15-37)51-35-48-34(49-36(50-35)56-21-38(40,41)42)46-27-11-5-24(6-12-27)32(53)47-28(33(54)45-18-23-3-4-23)13-16-43-29-19-55-20-30(52)31(29)44-17-22-1-2-22/h5-12,22-23,28,31,44H,1-4,13-21H2,(H,45,54)(H,47,53)(H2,46,48,49,50,51). The molecule has 4 fully saturated rings. The molecule has 2 amide bonds. The first-order valence-electron chi connectivity index (χ1n) is 18.7. The number of hydrogen-bond acceptors (Lipinski definition) is 12. The lowest BCUT2D eigenvalue weighted by Crippen LogP contribution is -2.51. The molecule has 0 radical (unpaired) electrons. The molecule has 5 N–H and O–H groups in total. The van der Waals surface area contributed by atoms with Crippen LogP contribution in [-0.4, -0.2) is 96.0 Å². The maximum Gasteiger partial charge on any atom is 0.422 e. The number of ketones is 1. The van der Waals surface area contributed by atoms with Crippen LogP contribution < -0.4 is 31.3 Å². The molecule has 56 heavy (non-hydrogen) atoms. The summed E-state index contributed by atoms with van der Waals surface area (Å²) in [4.78, 5) is 56.4. The molecule has 2 unspecified atom stereocenters. The Morgan fingerprint density at radius 3 is 2.32 bits per heavy atom. The summed E-state index contributed by atoms with van der Waals surface area (Å²) in [5.74, 6) is 0.0216. The van der Waals surface area contributed by atoms with Gasteiger partial charge in [0.2, 0.25) is 17.8 Å². The van der Waals surface area contributed by atoms with Crippen molar-refractivity contribution in [3.05, 3.63) is 64.7 Å². The fraction of sp³-hybridized carbons (Fsp3) is 0.500. The van der Waals surface area contributed by atoms with E-state index in [4.69, 9.17) is 21.1 Å². The maximum atomic E-state index is 13.4. The molecular weight excluding hydrogens is 755 g/mol. The minimum atomic E-state index is -4.61. The Labute approximate surface area is 326 Å². The van der Waals surface area contributed by atoms with Crippen molar-refractivity contribution in [3.8, 4) is 6.01 Å². The third-order valence-corrected chi connectivity index (χ3v) is 10.2. The van der Waals surface area contributed by atoms with Gasteiger partial charge in [-0.1, -0.05) is 23.7 Å². The van der Waals surface area contributed by atoms with E-state index in [1.54, 1.807) is 24.3 Å². The van der Waals surface area contributed by atoms with Gasteiger partial charge in [0.1, 0.15) is 18.7 Å². The summed E-state index contributed by atoms with van der Waals surface area (Å²) < 4.78 is 49.4. The average Bonchev–Trinajstić information content (AvgIpc) is 4.02. The summed E-state index contributed by atoms with van der Waals surface area (Å²) in [6.07, 6.45) is 1.42. The number of anilines is 3. The number of aromatic nitrogens is 3. The van der Waals surface area contributed by atoms with Crippen LogP contribution in [0.4, 0.5) is 30.8 Å². The Morgan fingerprint density at radius 1 is 0.946 bits per heavy atom. The van der Waals surface area contributed by atoms with Crippen LogP contribution in [0, 0.1) is 11.8 Å². The molecule has 14 nitrogen and oxygen atoms in total. The molecule has 2 atom stereocenters. The zero-order valence-corrected chi connectivity index (χ0v) is 31.2. The SMILES string of the molecule is O=C(NC(CCN=C1COCC(=O)C1NCC1CC1)C(=O)NCC1CC1)c1ccc(Nc2nc(NC3(c4ccc(Cl)cc4)CC3)nc(OCC(F)(F)F)n2)cc1. The smallest absolute Gasteiger partial charge is 0.422 e. The van der Waals surface area contributed by atoms with E-state index < -0.39 is 42.3 Å². The number of Topliss-reactive ketones (excluding diaryl/α,β-unsaturated/α-hetero) is 1. The van der Waals surface area contributed by atoms with E-state index in [0.29, 0.717) is 34.8 Å². The number of nitrogens with zero attached hydrogens (tertiary/aromatic N) is 4. The molecule has 7 rings (SSSR count). The number of hydrogen-bond donors (Lipinski definition) is 5. The Morgan fingerprint density at radius 2 is 1.64 bits per heavy atom. The van der Waals surface area contributed by atoms with Crippen molar-refractivity contribution < 1.29 is 37.0 Å². The summed E-state index contributed by atoms with van der Waals surface area (Å²) in [5, 5.41) is 15.8. The Bertz CT molecular complexity index is 1920. The Kier molecular flexibility index (Phi) is 12.0. The van der Waals surface area contributed by atoms with Crippen LogP contribution in [0.1, 0.15) is 60.9 Å². The van der Waals surface area contributed by atoms with E-state index in [0.717, 1.165) is 50.6 Å². The number of benzene rings is 2. The van der Waals surface area contributed by atoms with E-state index in [-0.39, 0.29) is 55.3 Å². The molecule has 1 aliphatic heterocycles. The van der Waals surface area contributed by atoms with E-state index >= 15 is 0 Å². The van der Waals surface area contributed by atoms with E-state index in [1.165, 1.54) is 12.1 Å². The van der Waals surface area contributed by atoms with E-state index in [1.807, 2.05) is 12.1 Å². The van der Waals surface area contributed by atoms with Gasteiger partial charge >= 0.3 is 12.2 Å². The summed E-state index contributed by atoms with van der Waals surface area (Å²) in [6, 6.07) is 11.5. The van der Waals surface area contributed by atoms with Gasteiger partial charge in [-0.05, 0) is 105 Å². The van der Waals surface area contributed by atoms with Crippen LogP contribution in [0.2, 0.25) is 5.02 Å². The van der Waals surface area contributed by atoms with Crippen molar-refractivity contribution in [2.45, 2.75) is 68.7 Å². The van der Waals surface area contributed by atoms with Gasteiger partial charge in [0, 0.05) is 29.4 Å². The Balaban J connectivity index is 1.01. The van der Waals surface area contributed by atoms with Crippen molar-refractivity contribution in [1.29, 1.82) is 0 Å². The van der Waals surface area contributed by atoms with Gasteiger partial charge in [0.05, 0.1) is 17.9 Å². The minimum absolute atomic E-state index is 0.00640. The largest absolute Gasteiger partial charge is 0.454 e. The molecule has 0 bridgehead atoms. The van der Waals surface area contributed by atoms with Gasteiger partial charge in [0.15, 0.2) is 12.4 Å². The number of nitrogens with one attached hydrogen (secondary N) is 5. The van der Waals surface area contributed by atoms with Gasteiger partial charge in [0.25, 0.3) is 5.91 Å². The Hall–Kier alpha value is -4.87. The molecule has 1 saturated heterocycles. The normalized spacial score (nSPS) is 20.2. The number of rotatable bonds is 18. The minimum Gasteiger partial charge on any atom is -0.454 e. The van der Waals surface area contributed by atoms with Crippen molar-refractivity contribution in [1.82, 2.24) is 30.9 Å². The molecule has 3 aliphatic carbocycles. The van der Waals surface area contributed by atoms with Crippen LogP contribution >= 0.6 is 11.6 Å². The van der Waals surface area contributed by atoms with Crippen molar-refractivity contribution in [2.75, 3.05) is 50.1 Å². The molecular formula is C38H43ClF3N9O5. The third kappa shape index (κ3) is 11.1. The van der Waals surface area contributed by atoms with Gasteiger partial charge in [-0.25, -0.2) is 0 Å². The molecule has 1 aromatic heterocycles. The lowest BCUT2D eigenvalue weighted by atomic mass is 10.0. The maximum absolute atomic E-state index is 13.4. The van der Waals surface area contributed by atoms with Crippen molar-refractivity contribution >= 4 is 52.5 Å². The van der Waals surface area contributed by atoms with Crippen molar-refractivity contribution in [3.63, 3.8) is 0 Å². The quantitative estimate of drug-likeness (QED) is 0.120.